The number of hydrogen-bond acceptors (Lipinski definition) is 5. The molecule has 2 aliphatic heterocycles. The van der Waals surface area contributed by atoms with Crippen molar-refractivity contribution in [2.24, 2.45) is 16.8 Å². The van der Waals surface area contributed by atoms with Crippen molar-refractivity contribution >= 4 is 23.4 Å². The summed E-state index contributed by atoms with van der Waals surface area (Å²) in [6.07, 6.45) is 12.8. The Morgan fingerprint density at radius 1 is 1.25 bits per heavy atom. The first kappa shape index (κ1) is 21.6. The highest BCUT2D eigenvalue weighted by Crippen LogP contribution is 2.40. The van der Waals surface area contributed by atoms with Crippen LogP contribution in [0.25, 0.3) is 6.08 Å². The van der Waals surface area contributed by atoms with E-state index in [0.29, 0.717) is 11.8 Å². The topological polar surface area (TPSA) is 67.8 Å². The van der Waals surface area contributed by atoms with Gasteiger partial charge in [-0.3, -0.25) is 14.8 Å². The molecule has 0 amide bonds. The van der Waals surface area contributed by atoms with Crippen LogP contribution in [0.3, 0.4) is 0 Å². The third-order valence-electron chi connectivity index (χ3n) is 7.09. The van der Waals surface area contributed by atoms with Crippen LogP contribution in [0.1, 0.15) is 36.2 Å². The molecule has 7 heteroatoms. The predicted molar refractivity (Wildman–Crippen MR) is 129 cm³/mol. The molecular formula is C25H30ClN5O. The summed E-state index contributed by atoms with van der Waals surface area (Å²) in [5.74, 6) is 0.947. The summed E-state index contributed by atoms with van der Waals surface area (Å²) in [6.45, 7) is 5.67. The van der Waals surface area contributed by atoms with Crippen LogP contribution in [0.15, 0.2) is 54.1 Å². The van der Waals surface area contributed by atoms with Gasteiger partial charge in [0.05, 0.1) is 24.3 Å². The Morgan fingerprint density at radius 3 is 2.88 bits per heavy atom. The van der Waals surface area contributed by atoms with Gasteiger partial charge in [-0.2, -0.15) is 0 Å². The number of hydrogen-bond donors (Lipinski definition) is 2. The van der Waals surface area contributed by atoms with Crippen molar-refractivity contribution in [2.75, 3.05) is 26.2 Å². The van der Waals surface area contributed by atoms with Gasteiger partial charge in [0.15, 0.2) is 0 Å². The van der Waals surface area contributed by atoms with Crippen molar-refractivity contribution in [3.63, 3.8) is 0 Å². The number of benzene rings is 1. The van der Waals surface area contributed by atoms with E-state index in [-0.39, 0.29) is 6.04 Å². The van der Waals surface area contributed by atoms with E-state index in [1.54, 1.807) is 12.5 Å². The standard InChI is InChI=1S/C25H30ClN5O/c1-17-8-9-28-24-21(17)5-2-18-14-19(26)3-6-22(18)25(24)31-12-10-30(11-13-31)23(32)7-4-20-15-27-16-29-20/h3-4,6-9,14-17,21,23,25,32H,2,5,10-13H2,1H3,(H,27,29)/b7-4+. The zero-order valence-electron chi connectivity index (χ0n) is 18.4. The van der Waals surface area contributed by atoms with Crippen molar-refractivity contribution in [3.8, 4) is 0 Å². The summed E-state index contributed by atoms with van der Waals surface area (Å²) in [6, 6.07) is 6.52. The number of piperazine rings is 1. The van der Waals surface area contributed by atoms with Gasteiger partial charge in [0.1, 0.15) is 6.23 Å². The van der Waals surface area contributed by atoms with Crippen LogP contribution in [-0.2, 0) is 6.42 Å². The first-order chi connectivity index (χ1) is 15.6. The van der Waals surface area contributed by atoms with Gasteiger partial charge < -0.3 is 10.1 Å². The fraction of sp³-hybridized carbons (Fsp3) is 0.440. The fourth-order valence-corrected chi connectivity index (χ4v) is 5.48. The van der Waals surface area contributed by atoms with Crippen molar-refractivity contribution < 1.29 is 5.11 Å². The number of rotatable bonds is 4. The number of nitrogens with one attached hydrogen (secondary N) is 1. The SMILES string of the molecule is CC1C=CN=C2C1CCc1cc(Cl)ccc1C2N1CCN(C(O)/C=C/c2cnc[nH]2)CC1. The van der Waals surface area contributed by atoms with Gasteiger partial charge in [-0.1, -0.05) is 30.7 Å². The number of allylic oxidation sites excluding steroid dienone is 1. The van der Waals surface area contributed by atoms with Crippen LogP contribution >= 0.6 is 11.6 Å². The molecule has 3 heterocycles. The number of aliphatic imine (C=N–C) groups is 1. The molecule has 2 N–H and O–H groups in total. The van der Waals surface area contributed by atoms with E-state index >= 15 is 0 Å². The summed E-state index contributed by atoms with van der Waals surface area (Å²) >= 11 is 6.36. The normalized spacial score (nSPS) is 27.6. The van der Waals surface area contributed by atoms with Crippen LogP contribution in [-0.4, -0.2) is 63.0 Å². The number of aliphatic hydroxyl groups is 1. The molecule has 3 aliphatic rings. The maximum absolute atomic E-state index is 10.7. The second-order valence-corrected chi connectivity index (χ2v) is 9.43. The number of nitrogens with zero attached hydrogens (tertiary/aromatic N) is 4. The minimum Gasteiger partial charge on any atom is -0.375 e. The summed E-state index contributed by atoms with van der Waals surface area (Å²) in [7, 11) is 0. The van der Waals surface area contributed by atoms with Crippen LogP contribution in [0, 0.1) is 11.8 Å². The number of fused-ring (bicyclic) bond motifs is 2. The largest absolute Gasteiger partial charge is 0.375 e. The molecule has 4 unspecified atom stereocenters. The van der Waals surface area contributed by atoms with Crippen molar-refractivity contribution in [1.82, 2.24) is 19.8 Å². The maximum atomic E-state index is 10.7. The molecule has 32 heavy (non-hydrogen) atoms. The number of imidazole rings is 1. The Bertz CT molecular complexity index is 1020. The van der Waals surface area contributed by atoms with Gasteiger partial charge in [0.2, 0.25) is 0 Å². The zero-order valence-corrected chi connectivity index (χ0v) is 19.1. The smallest absolute Gasteiger partial charge is 0.127 e. The van der Waals surface area contributed by atoms with Gasteiger partial charge in [-0.05, 0) is 54.2 Å². The maximum Gasteiger partial charge on any atom is 0.127 e. The average molecular weight is 452 g/mol. The molecule has 0 spiro atoms. The molecule has 2 aromatic rings. The molecule has 6 nitrogen and oxygen atoms in total. The summed E-state index contributed by atoms with van der Waals surface area (Å²) in [4.78, 5) is 16.6. The first-order valence-corrected chi connectivity index (χ1v) is 11.8. The second-order valence-electron chi connectivity index (χ2n) is 9.00. The van der Waals surface area contributed by atoms with E-state index in [2.05, 4.69) is 44.9 Å². The molecule has 4 atom stereocenters. The number of aliphatic hydroxyl groups excluding tert-OH is 1. The Hall–Kier alpha value is -2.25. The summed E-state index contributed by atoms with van der Waals surface area (Å²) in [5, 5.41) is 11.5. The Balaban J connectivity index is 1.36. The van der Waals surface area contributed by atoms with Gasteiger partial charge in [-0.15, -0.1) is 0 Å². The number of H-pyrrole nitrogens is 1. The van der Waals surface area contributed by atoms with Gasteiger partial charge in [0, 0.05) is 49.0 Å². The monoisotopic (exact) mass is 451 g/mol. The lowest BCUT2D eigenvalue weighted by atomic mass is 9.81. The molecule has 1 aliphatic carbocycles. The van der Waals surface area contributed by atoms with E-state index in [0.717, 1.165) is 49.7 Å². The lowest BCUT2D eigenvalue weighted by molar-refractivity contribution is 0.00132. The molecule has 0 radical (unpaired) electrons. The summed E-state index contributed by atoms with van der Waals surface area (Å²) in [5.41, 5.74) is 4.86. The molecular weight excluding hydrogens is 422 g/mol. The number of halogens is 1. The van der Waals surface area contributed by atoms with Crippen LogP contribution in [0.2, 0.25) is 5.02 Å². The summed E-state index contributed by atoms with van der Waals surface area (Å²) < 4.78 is 0. The number of aromatic nitrogens is 2. The van der Waals surface area contributed by atoms with Gasteiger partial charge in [-0.25, -0.2) is 4.98 Å². The molecule has 1 saturated heterocycles. The van der Waals surface area contributed by atoms with E-state index < -0.39 is 6.23 Å². The van der Waals surface area contributed by atoms with Crippen LogP contribution < -0.4 is 0 Å². The molecule has 0 saturated carbocycles. The van der Waals surface area contributed by atoms with E-state index in [1.165, 1.54) is 16.8 Å². The highest BCUT2D eigenvalue weighted by Gasteiger charge is 2.38. The molecule has 5 rings (SSSR count). The van der Waals surface area contributed by atoms with Crippen LogP contribution in [0.4, 0.5) is 0 Å². The zero-order chi connectivity index (χ0) is 22.1. The third-order valence-corrected chi connectivity index (χ3v) is 7.32. The lowest BCUT2D eigenvalue weighted by Crippen LogP contribution is -2.52. The average Bonchev–Trinajstić information content (AvgIpc) is 3.26. The number of aromatic amines is 1. The minimum absolute atomic E-state index is 0.169. The molecule has 168 valence electrons. The minimum atomic E-state index is -0.608. The highest BCUT2D eigenvalue weighted by molar-refractivity contribution is 6.30. The number of aryl methyl sites for hydroxylation is 1. The van der Waals surface area contributed by atoms with E-state index in [9.17, 15) is 5.11 Å². The van der Waals surface area contributed by atoms with Gasteiger partial charge in [0.25, 0.3) is 0 Å². The Morgan fingerprint density at radius 2 is 2.09 bits per heavy atom. The first-order valence-electron chi connectivity index (χ1n) is 11.5. The third kappa shape index (κ3) is 4.33. The fourth-order valence-electron chi connectivity index (χ4n) is 5.29. The molecule has 1 aromatic heterocycles. The molecule has 1 aromatic carbocycles. The van der Waals surface area contributed by atoms with E-state index in [1.807, 2.05) is 24.4 Å². The highest BCUT2D eigenvalue weighted by atomic mass is 35.5. The predicted octanol–water partition coefficient (Wildman–Crippen LogP) is 3.92. The van der Waals surface area contributed by atoms with Crippen molar-refractivity contribution in [1.29, 1.82) is 0 Å². The van der Waals surface area contributed by atoms with Crippen molar-refractivity contribution in [2.45, 2.75) is 32.0 Å². The van der Waals surface area contributed by atoms with Gasteiger partial charge >= 0.3 is 0 Å². The Labute approximate surface area is 194 Å². The second kappa shape index (κ2) is 9.32. The molecule has 1 fully saturated rings. The Kier molecular flexibility index (Phi) is 6.28. The van der Waals surface area contributed by atoms with Crippen molar-refractivity contribution in [3.05, 3.63) is 70.9 Å². The lowest BCUT2D eigenvalue weighted by Gasteiger charge is -2.42. The van der Waals surface area contributed by atoms with E-state index in [4.69, 9.17) is 16.6 Å². The molecule has 0 bridgehead atoms. The van der Waals surface area contributed by atoms with Crippen LogP contribution in [0.5, 0.6) is 0 Å². The quantitative estimate of drug-likeness (QED) is 0.739.